The minimum absolute atomic E-state index is 0.119. The van der Waals surface area contributed by atoms with Crippen LogP contribution in [0.25, 0.3) is 0 Å². The second-order valence-electron chi connectivity index (χ2n) is 2.65. The Morgan fingerprint density at radius 3 is 2.33 bits per heavy atom. The second-order valence-corrected chi connectivity index (χ2v) is 2.65. The molecule has 6 nitrogen and oxygen atoms in total. The van der Waals surface area contributed by atoms with Crippen LogP contribution in [0.5, 0.6) is 0 Å². The summed E-state index contributed by atoms with van der Waals surface area (Å²) in [6.45, 7) is 2.77. The van der Waals surface area contributed by atoms with Crippen molar-refractivity contribution in [3.8, 4) is 0 Å². The maximum absolute atomic E-state index is 10.9. The van der Waals surface area contributed by atoms with Gasteiger partial charge < -0.3 is 14.6 Å². The van der Waals surface area contributed by atoms with Crippen molar-refractivity contribution >= 4 is 17.7 Å². The van der Waals surface area contributed by atoms with Crippen molar-refractivity contribution in [1.29, 1.82) is 0 Å². The van der Waals surface area contributed by atoms with Gasteiger partial charge in [0.05, 0.1) is 13.0 Å². The maximum atomic E-state index is 10.9. The molecule has 0 radical (unpaired) electrons. The first kappa shape index (κ1) is 13.6. The lowest BCUT2D eigenvalue weighted by Crippen LogP contribution is -2.16. The Bertz CT molecular complexity index is 235. The maximum Gasteiger partial charge on any atom is 0.372 e. The predicted octanol–water partition coefficient (Wildman–Crippen LogP) is -0.000000000000000278. The summed E-state index contributed by atoms with van der Waals surface area (Å²) in [7, 11) is 0. The van der Waals surface area contributed by atoms with Crippen LogP contribution in [-0.2, 0) is 23.9 Å². The summed E-state index contributed by atoms with van der Waals surface area (Å²) in [4.78, 5) is 31.6. The molecule has 1 N–H and O–H groups in total. The van der Waals surface area contributed by atoms with Gasteiger partial charge in [-0.3, -0.25) is 9.59 Å². The van der Waals surface area contributed by atoms with Crippen molar-refractivity contribution in [3.63, 3.8) is 0 Å². The van der Waals surface area contributed by atoms with Gasteiger partial charge >= 0.3 is 11.9 Å². The van der Waals surface area contributed by atoms with Crippen molar-refractivity contribution in [1.82, 2.24) is 0 Å². The van der Waals surface area contributed by atoms with Crippen LogP contribution in [0.15, 0.2) is 0 Å². The predicted molar refractivity (Wildman–Crippen MR) is 49.3 cm³/mol. The first-order valence-electron chi connectivity index (χ1n) is 4.57. The highest BCUT2D eigenvalue weighted by Crippen LogP contribution is 1.94. The molecule has 0 aromatic carbocycles. The molecule has 0 atom stereocenters. The van der Waals surface area contributed by atoms with Crippen LogP contribution in [-0.4, -0.2) is 42.6 Å². The molecule has 0 heterocycles. The van der Waals surface area contributed by atoms with Crippen molar-refractivity contribution in [2.45, 2.75) is 19.8 Å². The minimum atomic E-state index is -1.53. The van der Waals surface area contributed by atoms with Crippen LogP contribution in [0.2, 0.25) is 0 Å². The monoisotopic (exact) mass is 218 g/mol. The number of hydrogen-bond donors (Lipinski definition) is 1. The summed E-state index contributed by atoms with van der Waals surface area (Å²) >= 11 is 0. The Hall–Kier alpha value is -1.43. The Kier molecular flexibility index (Phi) is 7.17. The van der Waals surface area contributed by atoms with Crippen LogP contribution in [0.3, 0.4) is 0 Å². The number of Topliss-reactive ketones (excluding diaryl/α,β-unsaturated/α-hetero) is 1. The molecule has 86 valence electrons. The van der Waals surface area contributed by atoms with Gasteiger partial charge in [0.2, 0.25) is 5.78 Å². The molecular weight excluding hydrogens is 204 g/mol. The van der Waals surface area contributed by atoms with Gasteiger partial charge in [-0.2, -0.15) is 0 Å². The molecule has 0 rings (SSSR count). The molecular formula is C9H14O6. The number of carboxylic acid groups (broad SMARTS) is 1. The fraction of sp³-hybridized carbons (Fsp3) is 0.667. The minimum Gasteiger partial charge on any atom is -0.476 e. The van der Waals surface area contributed by atoms with E-state index in [9.17, 15) is 14.4 Å². The average molecular weight is 218 g/mol. The number of aliphatic carboxylic acids is 1. The van der Waals surface area contributed by atoms with Gasteiger partial charge in [-0.15, -0.1) is 0 Å². The van der Waals surface area contributed by atoms with Crippen LogP contribution in [0.1, 0.15) is 19.8 Å². The lowest BCUT2D eigenvalue weighted by atomic mass is 10.2. The van der Waals surface area contributed by atoms with E-state index in [2.05, 4.69) is 4.74 Å². The first-order chi connectivity index (χ1) is 7.07. The average Bonchev–Trinajstić information content (AvgIpc) is 2.20. The van der Waals surface area contributed by atoms with Gasteiger partial charge in [0.15, 0.2) is 0 Å². The molecule has 0 aliphatic rings. The third-order valence-corrected chi connectivity index (χ3v) is 1.49. The third-order valence-electron chi connectivity index (χ3n) is 1.49. The Labute approximate surface area is 87.2 Å². The van der Waals surface area contributed by atoms with Gasteiger partial charge in [-0.05, 0) is 6.92 Å². The van der Waals surface area contributed by atoms with Gasteiger partial charge in [-0.25, -0.2) is 4.79 Å². The normalized spacial score (nSPS) is 9.67. The lowest BCUT2D eigenvalue weighted by molar-refractivity contribution is -0.151. The molecule has 6 heteroatoms. The van der Waals surface area contributed by atoms with Gasteiger partial charge in [-0.1, -0.05) is 0 Å². The number of carbonyl (C=O) groups excluding carboxylic acids is 2. The zero-order valence-corrected chi connectivity index (χ0v) is 8.52. The zero-order chi connectivity index (χ0) is 11.7. The molecule has 0 saturated carbocycles. The topological polar surface area (TPSA) is 89.9 Å². The highest BCUT2D eigenvalue weighted by molar-refractivity contribution is 6.32. The largest absolute Gasteiger partial charge is 0.476 e. The van der Waals surface area contributed by atoms with E-state index in [4.69, 9.17) is 9.84 Å². The molecule has 0 aromatic heterocycles. The van der Waals surface area contributed by atoms with Crippen LogP contribution in [0.4, 0.5) is 0 Å². The molecule has 0 unspecified atom stereocenters. The van der Waals surface area contributed by atoms with Crippen LogP contribution in [0, 0.1) is 0 Å². The van der Waals surface area contributed by atoms with E-state index < -0.39 is 17.7 Å². The smallest absolute Gasteiger partial charge is 0.372 e. The fourth-order valence-corrected chi connectivity index (χ4v) is 0.753. The lowest BCUT2D eigenvalue weighted by Gasteiger charge is -2.03. The van der Waals surface area contributed by atoms with Gasteiger partial charge in [0.1, 0.15) is 6.61 Å². The van der Waals surface area contributed by atoms with E-state index in [0.717, 1.165) is 0 Å². The van der Waals surface area contributed by atoms with E-state index >= 15 is 0 Å². The second kappa shape index (κ2) is 7.93. The summed E-state index contributed by atoms with van der Waals surface area (Å²) < 4.78 is 9.57. The molecule has 0 spiro atoms. The highest BCUT2D eigenvalue weighted by Gasteiger charge is 2.13. The molecule has 0 fully saturated rings. The van der Waals surface area contributed by atoms with Crippen LogP contribution >= 0.6 is 0 Å². The summed E-state index contributed by atoms with van der Waals surface area (Å²) in [6.07, 6.45) is -0.542. The van der Waals surface area contributed by atoms with Crippen molar-refractivity contribution in [2.75, 3.05) is 19.8 Å². The van der Waals surface area contributed by atoms with E-state index in [1.54, 1.807) is 0 Å². The van der Waals surface area contributed by atoms with E-state index in [-0.39, 0.29) is 19.4 Å². The number of rotatable bonds is 8. The number of ketones is 1. The number of carboxylic acids is 1. The number of esters is 1. The molecule has 0 saturated heterocycles. The standard InChI is InChI=1S/C9H14O6/c1-2-14-5-6-15-8(11)4-3-7(10)9(12)13/h2-6H2,1H3,(H,12,13). The molecule has 0 bridgehead atoms. The molecule has 0 aromatic rings. The summed E-state index contributed by atoms with van der Waals surface area (Å²) in [6, 6.07) is 0. The summed E-state index contributed by atoms with van der Waals surface area (Å²) in [5.74, 6) is -3.11. The fourth-order valence-electron chi connectivity index (χ4n) is 0.753. The molecule has 0 amide bonds. The molecule has 0 aliphatic heterocycles. The van der Waals surface area contributed by atoms with Crippen molar-refractivity contribution in [3.05, 3.63) is 0 Å². The number of ether oxygens (including phenoxy) is 2. The quantitative estimate of drug-likeness (QED) is 0.350. The number of hydrogen-bond acceptors (Lipinski definition) is 5. The Balaban J connectivity index is 3.49. The zero-order valence-electron chi connectivity index (χ0n) is 8.52. The summed E-state index contributed by atoms with van der Waals surface area (Å²) in [5, 5.41) is 8.22. The molecule has 15 heavy (non-hydrogen) atoms. The van der Waals surface area contributed by atoms with Crippen molar-refractivity contribution in [2.24, 2.45) is 0 Å². The van der Waals surface area contributed by atoms with Gasteiger partial charge in [0.25, 0.3) is 0 Å². The van der Waals surface area contributed by atoms with Gasteiger partial charge in [0, 0.05) is 13.0 Å². The Morgan fingerprint density at radius 2 is 1.80 bits per heavy atom. The SMILES string of the molecule is CCOCCOC(=O)CCC(=O)C(=O)O. The highest BCUT2D eigenvalue weighted by atomic mass is 16.6. The first-order valence-corrected chi connectivity index (χ1v) is 4.57. The van der Waals surface area contributed by atoms with E-state index in [1.807, 2.05) is 6.92 Å². The van der Waals surface area contributed by atoms with E-state index in [1.165, 1.54) is 0 Å². The van der Waals surface area contributed by atoms with Crippen molar-refractivity contribution < 1.29 is 29.0 Å². The summed E-state index contributed by atoms with van der Waals surface area (Å²) in [5.41, 5.74) is 0. The molecule has 0 aliphatic carbocycles. The number of carbonyl (C=O) groups is 3. The Morgan fingerprint density at radius 1 is 1.13 bits per heavy atom. The van der Waals surface area contributed by atoms with Crippen LogP contribution < -0.4 is 0 Å². The third kappa shape index (κ3) is 7.63. The van der Waals surface area contributed by atoms with E-state index in [0.29, 0.717) is 13.2 Å².